The van der Waals surface area contributed by atoms with Gasteiger partial charge in [-0.05, 0) is 50.3 Å². The topological polar surface area (TPSA) is 47.0 Å². The molecule has 4 nitrogen and oxygen atoms in total. The number of alkyl halides is 3. The van der Waals surface area contributed by atoms with Gasteiger partial charge in [-0.1, -0.05) is 18.6 Å². The molecule has 2 aromatic rings. The van der Waals surface area contributed by atoms with Crippen LogP contribution in [0.4, 0.5) is 24.8 Å². The molecule has 1 aliphatic carbocycles. The zero-order valence-electron chi connectivity index (χ0n) is 13.9. The van der Waals surface area contributed by atoms with Gasteiger partial charge < -0.3 is 10.1 Å². The van der Waals surface area contributed by atoms with Crippen LogP contribution in [0.2, 0.25) is 0 Å². The Morgan fingerprint density at radius 1 is 1.16 bits per heavy atom. The highest BCUT2D eigenvalue weighted by atomic mass is 19.4. The third kappa shape index (κ3) is 4.61. The van der Waals surface area contributed by atoms with Crippen LogP contribution in [0.5, 0.6) is 5.88 Å². The summed E-state index contributed by atoms with van der Waals surface area (Å²) in [5.74, 6) is -0.311. The molecule has 134 valence electrons. The number of ether oxygens (including phenoxy) is 1. The van der Waals surface area contributed by atoms with Crippen molar-refractivity contribution in [1.29, 1.82) is 0 Å². The Balaban J connectivity index is 1.86. The number of hydrogen-bond acceptors (Lipinski definition) is 4. The van der Waals surface area contributed by atoms with Gasteiger partial charge >= 0.3 is 6.18 Å². The number of anilines is 2. The molecule has 1 heterocycles. The highest BCUT2D eigenvalue weighted by Gasteiger charge is 2.37. The summed E-state index contributed by atoms with van der Waals surface area (Å²) in [6, 6.07) is 7.44. The maximum absolute atomic E-state index is 13.2. The zero-order chi connectivity index (χ0) is 17.9. The maximum atomic E-state index is 13.2. The van der Waals surface area contributed by atoms with Gasteiger partial charge in [0.25, 0.3) is 0 Å². The molecule has 25 heavy (non-hydrogen) atoms. The van der Waals surface area contributed by atoms with Crippen LogP contribution in [-0.4, -0.2) is 16.1 Å². The van der Waals surface area contributed by atoms with E-state index in [0.717, 1.165) is 43.9 Å². The number of aromatic nitrogens is 2. The first-order chi connectivity index (χ1) is 11.9. The number of benzene rings is 1. The van der Waals surface area contributed by atoms with Crippen LogP contribution in [0.1, 0.15) is 43.2 Å². The Hall–Kier alpha value is -2.31. The lowest BCUT2D eigenvalue weighted by Crippen LogP contribution is -2.22. The number of hydrogen-bond donors (Lipinski definition) is 1. The first kappa shape index (κ1) is 17.5. The molecular formula is C18H20F3N3O. The van der Waals surface area contributed by atoms with Gasteiger partial charge in [-0.3, -0.25) is 0 Å². The molecule has 0 unspecified atom stereocenters. The molecule has 0 aliphatic heterocycles. The van der Waals surface area contributed by atoms with E-state index in [-0.39, 0.29) is 12.1 Å². The van der Waals surface area contributed by atoms with Gasteiger partial charge in [0.05, 0.1) is 0 Å². The SMILES string of the molecule is Cc1cccc(Nc2ncc(C(F)(F)F)c(OC3CCCCC3)n2)c1. The maximum Gasteiger partial charge on any atom is 0.423 e. The Morgan fingerprint density at radius 2 is 1.92 bits per heavy atom. The van der Waals surface area contributed by atoms with Gasteiger partial charge in [0.15, 0.2) is 0 Å². The normalized spacial score (nSPS) is 15.8. The van der Waals surface area contributed by atoms with Crippen molar-refractivity contribution in [2.75, 3.05) is 5.32 Å². The minimum Gasteiger partial charge on any atom is -0.474 e. The molecule has 1 aromatic carbocycles. The van der Waals surface area contributed by atoms with E-state index in [2.05, 4.69) is 15.3 Å². The van der Waals surface area contributed by atoms with E-state index in [1.54, 1.807) is 6.07 Å². The summed E-state index contributed by atoms with van der Waals surface area (Å²) < 4.78 is 45.3. The fourth-order valence-corrected chi connectivity index (χ4v) is 2.90. The molecule has 0 radical (unpaired) electrons. The van der Waals surface area contributed by atoms with Gasteiger partial charge in [0.2, 0.25) is 11.8 Å². The van der Waals surface area contributed by atoms with Crippen LogP contribution in [0.3, 0.4) is 0 Å². The van der Waals surface area contributed by atoms with Crippen molar-refractivity contribution in [1.82, 2.24) is 9.97 Å². The summed E-state index contributed by atoms with van der Waals surface area (Å²) in [6.07, 6.45) is 0.531. The third-order valence-corrected chi connectivity index (χ3v) is 4.16. The lowest BCUT2D eigenvalue weighted by molar-refractivity contribution is -0.140. The van der Waals surface area contributed by atoms with Gasteiger partial charge in [-0.15, -0.1) is 0 Å². The van der Waals surface area contributed by atoms with Crippen LogP contribution < -0.4 is 10.1 Å². The van der Waals surface area contributed by atoms with Crippen LogP contribution >= 0.6 is 0 Å². The van der Waals surface area contributed by atoms with Crippen molar-refractivity contribution >= 4 is 11.6 Å². The van der Waals surface area contributed by atoms with Crippen LogP contribution in [0.15, 0.2) is 30.5 Å². The molecular weight excluding hydrogens is 331 g/mol. The minimum absolute atomic E-state index is 0.0874. The summed E-state index contributed by atoms with van der Waals surface area (Å²) >= 11 is 0. The number of nitrogens with zero attached hydrogens (tertiary/aromatic N) is 2. The molecule has 3 rings (SSSR count). The highest BCUT2D eigenvalue weighted by Crippen LogP contribution is 2.36. The quantitative estimate of drug-likeness (QED) is 0.816. The smallest absolute Gasteiger partial charge is 0.423 e. The molecule has 1 fully saturated rings. The summed E-state index contributed by atoms with van der Waals surface area (Å²) in [5, 5.41) is 2.93. The minimum atomic E-state index is -4.55. The number of nitrogens with one attached hydrogen (secondary N) is 1. The van der Waals surface area contributed by atoms with Gasteiger partial charge in [-0.25, -0.2) is 4.98 Å². The molecule has 1 N–H and O–H groups in total. The second-order valence-corrected chi connectivity index (χ2v) is 6.28. The van der Waals surface area contributed by atoms with Crippen molar-refractivity contribution in [3.05, 3.63) is 41.6 Å². The first-order valence-corrected chi connectivity index (χ1v) is 8.36. The van der Waals surface area contributed by atoms with Gasteiger partial charge in [0, 0.05) is 11.9 Å². The van der Waals surface area contributed by atoms with Crippen molar-refractivity contribution < 1.29 is 17.9 Å². The third-order valence-electron chi connectivity index (χ3n) is 4.16. The summed E-state index contributed by atoms with van der Waals surface area (Å²) in [5.41, 5.74) is 0.798. The Bertz CT molecular complexity index is 728. The Morgan fingerprint density at radius 3 is 2.60 bits per heavy atom. The van der Waals surface area contributed by atoms with E-state index in [1.165, 1.54) is 0 Å². The van der Waals surface area contributed by atoms with E-state index in [9.17, 15) is 13.2 Å². The highest BCUT2D eigenvalue weighted by molar-refractivity contribution is 5.54. The second kappa shape index (κ2) is 7.29. The Kier molecular flexibility index (Phi) is 5.11. The van der Waals surface area contributed by atoms with Crippen LogP contribution in [0, 0.1) is 6.92 Å². The predicted molar refractivity (Wildman–Crippen MR) is 89.0 cm³/mol. The molecule has 1 aliphatic rings. The average Bonchev–Trinajstić information content (AvgIpc) is 2.55. The fourth-order valence-electron chi connectivity index (χ4n) is 2.90. The molecule has 0 saturated heterocycles. The molecule has 0 amide bonds. The monoisotopic (exact) mass is 351 g/mol. The number of rotatable bonds is 4. The lowest BCUT2D eigenvalue weighted by Gasteiger charge is -2.24. The number of aryl methyl sites for hydroxylation is 1. The number of halogens is 3. The van der Waals surface area contributed by atoms with E-state index >= 15 is 0 Å². The molecule has 7 heteroatoms. The fraction of sp³-hybridized carbons (Fsp3) is 0.444. The van der Waals surface area contributed by atoms with Gasteiger partial charge in [-0.2, -0.15) is 18.2 Å². The van der Waals surface area contributed by atoms with E-state index in [4.69, 9.17) is 4.74 Å². The zero-order valence-corrected chi connectivity index (χ0v) is 13.9. The average molecular weight is 351 g/mol. The molecule has 0 spiro atoms. The van der Waals surface area contributed by atoms with Crippen LogP contribution in [0.25, 0.3) is 0 Å². The van der Waals surface area contributed by atoms with Crippen molar-refractivity contribution in [2.45, 2.75) is 51.3 Å². The lowest BCUT2D eigenvalue weighted by atomic mass is 9.98. The van der Waals surface area contributed by atoms with Crippen LogP contribution in [-0.2, 0) is 6.18 Å². The molecule has 0 atom stereocenters. The molecule has 1 saturated carbocycles. The van der Waals surface area contributed by atoms with Gasteiger partial charge in [0.1, 0.15) is 11.7 Å². The Labute approximate surface area is 144 Å². The molecule has 0 bridgehead atoms. The van der Waals surface area contributed by atoms with E-state index in [1.807, 2.05) is 25.1 Å². The largest absolute Gasteiger partial charge is 0.474 e. The van der Waals surface area contributed by atoms with E-state index in [0.29, 0.717) is 5.69 Å². The van der Waals surface area contributed by atoms with Crippen molar-refractivity contribution in [3.63, 3.8) is 0 Å². The van der Waals surface area contributed by atoms with Crippen molar-refractivity contribution in [3.8, 4) is 5.88 Å². The summed E-state index contributed by atoms with van der Waals surface area (Å²) in [7, 11) is 0. The predicted octanol–water partition coefficient (Wildman–Crippen LogP) is 5.26. The summed E-state index contributed by atoms with van der Waals surface area (Å²) in [4.78, 5) is 7.80. The van der Waals surface area contributed by atoms with E-state index < -0.39 is 17.6 Å². The van der Waals surface area contributed by atoms with Crippen molar-refractivity contribution in [2.24, 2.45) is 0 Å². The second-order valence-electron chi connectivity index (χ2n) is 6.28. The first-order valence-electron chi connectivity index (χ1n) is 8.36. The molecule has 1 aromatic heterocycles. The standard InChI is InChI=1S/C18H20F3N3O/c1-12-6-5-7-13(10-12)23-17-22-11-15(18(19,20)21)16(24-17)25-14-8-3-2-4-9-14/h5-7,10-11,14H,2-4,8-9H2,1H3,(H,22,23,24). The summed E-state index contributed by atoms with van der Waals surface area (Å²) in [6.45, 7) is 1.93.